The van der Waals surface area contributed by atoms with Gasteiger partial charge in [0.15, 0.2) is 0 Å². The van der Waals surface area contributed by atoms with Crippen molar-refractivity contribution in [3.05, 3.63) is 47.8 Å². The van der Waals surface area contributed by atoms with Crippen LogP contribution < -0.4 is 4.90 Å². The topological polar surface area (TPSA) is 68.4 Å². The lowest BCUT2D eigenvalue weighted by Crippen LogP contribution is -2.28. The Morgan fingerprint density at radius 3 is 2.73 bits per heavy atom. The fraction of sp³-hybridized carbons (Fsp3) is 0.421. The summed E-state index contributed by atoms with van der Waals surface area (Å²) in [6.45, 7) is 4.31. The second-order valence-corrected chi connectivity index (χ2v) is 7.02. The van der Waals surface area contributed by atoms with Crippen molar-refractivity contribution in [1.29, 1.82) is 5.26 Å². The van der Waals surface area contributed by atoms with Crippen LogP contribution in [0.15, 0.2) is 36.7 Å². The first-order valence-electron chi connectivity index (χ1n) is 8.92. The Kier molecular flexibility index (Phi) is 4.35. The number of nitriles is 1. The monoisotopic (exact) mass is 350 g/mol. The number of amides is 2. The third-order valence-electron chi connectivity index (χ3n) is 5.23. The van der Waals surface area contributed by atoms with Gasteiger partial charge in [0.25, 0.3) is 0 Å². The number of aromatic nitrogens is 2. The Balaban J connectivity index is 1.38. The number of hydrogen-bond donors (Lipinski definition) is 0. The summed E-state index contributed by atoms with van der Waals surface area (Å²) in [5.41, 5.74) is 2.79. The molecule has 134 valence electrons. The Morgan fingerprint density at radius 2 is 2.04 bits per heavy atom. The zero-order chi connectivity index (χ0) is 18.1. The predicted molar refractivity (Wildman–Crippen MR) is 97.7 cm³/mol. The van der Waals surface area contributed by atoms with Crippen LogP contribution in [0.2, 0.25) is 0 Å². The molecule has 2 fully saturated rings. The number of nitrogens with zero attached hydrogens (tertiary/aromatic N) is 6. The minimum absolute atomic E-state index is 0.0402. The molecule has 1 atom stereocenters. The van der Waals surface area contributed by atoms with E-state index >= 15 is 0 Å². The summed E-state index contributed by atoms with van der Waals surface area (Å²) in [6, 6.07) is 10.3. The van der Waals surface area contributed by atoms with Crippen LogP contribution in [0.4, 0.5) is 10.5 Å². The van der Waals surface area contributed by atoms with Crippen molar-refractivity contribution in [2.45, 2.75) is 19.0 Å². The third-order valence-corrected chi connectivity index (χ3v) is 5.23. The Morgan fingerprint density at radius 1 is 1.23 bits per heavy atom. The number of benzene rings is 1. The van der Waals surface area contributed by atoms with Crippen LogP contribution in [-0.4, -0.2) is 58.8 Å². The van der Waals surface area contributed by atoms with Gasteiger partial charge in [0.2, 0.25) is 0 Å². The predicted octanol–water partition coefficient (Wildman–Crippen LogP) is 2.07. The maximum Gasteiger partial charge on any atom is 0.324 e. The molecule has 2 amide bonds. The molecular formula is C19H22N6O. The maximum atomic E-state index is 12.1. The fourth-order valence-electron chi connectivity index (χ4n) is 3.67. The molecule has 0 N–H and O–H groups in total. The smallest absolute Gasteiger partial charge is 0.324 e. The van der Waals surface area contributed by atoms with E-state index in [1.807, 2.05) is 42.2 Å². The molecule has 2 aliphatic heterocycles. The van der Waals surface area contributed by atoms with Gasteiger partial charge in [0.05, 0.1) is 29.6 Å². The minimum atomic E-state index is 0.0402. The highest BCUT2D eigenvalue weighted by Crippen LogP contribution is 2.26. The van der Waals surface area contributed by atoms with Crippen molar-refractivity contribution >= 4 is 11.7 Å². The third kappa shape index (κ3) is 3.16. The van der Waals surface area contributed by atoms with Gasteiger partial charge >= 0.3 is 6.03 Å². The molecule has 0 radical (unpaired) electrons. The molecule has 1 unspecified atom stereocenters. The van der Waals surface area contributed by atoms with Crippen LogP contribution >= 0.6 is 0 Å². The van der Waals surface area contributed by atoms with Crippen LogP contribution in [-0.2, 0) is 6.54 Å². The van der Waals surface area contributed by atoms with Gasteiger partial charge in [-0.15, -0.1) is 0 Å². The van der Waals surface area contributed by atoms with Crippen molar-refractivity contribution in [2.24, 2.45) is 0 Å². The van der Waals surface area contributed by atoms with Gasteiger partial charge in [0.1, 0.15) is 0 Å². The lowest BCUT2D eigenvalue weighted by atomic mass is 10.1. The number of likely N-dealkylation sites (N-methyl/N-ethyl adjacent to an activating group) is 1. The van der Waals surface area contributed by atoms with E-state index in [1.54, 1.807) is 16.0 Å². The normalized spacial score (nSPS) is 20.8. The van der Waals surface area contributed by atoms with Crippen molar-refractivity contribution in [3.63, 3.8) is 0 Å². The number of carbonyl (C=O) groups excluding carboxylic acids is 1. The van der Waals surface area contributed by atoms with Crippen molar-refractivity contribution in [1.82, 2.24) is 19.6 Å². The maximum absolute atomic E-state index is 12.1. The van der Waals surface area contributed by atoms with E-state index in [4.69, 9.17) is 5.26 Å². The summed E-state index contributed by atoms with van der Waals surface area (Å²) < 4.78 is 2.00. The van der Waals surface area contributed by atoms with Gasteiger partial charge < -0.3 is 4.90 Å². The van der Waals surface area contributed by atoms with E-state index in [0.717, 1.165) is 44.8 Å². The quantitative estimate of drug-likeness (QED) is 0.847. The van der Waals surface area contributed by atoms with E-state index in [2.05, 4.69) is 16.1 Å². The molecule has 1 aromatic carbocycles. The van der Waals surface area contributed by atoms with Crippen LogP contribution in [0.5, 0.6) is 0 Å². The Labute approximate surface area is 153 Å². The first-order valence-corrected chi connectivity index (χ1v) is 8.92. The average Bonchev–Trinajstić information content (AvgIpc) is 3.37. The molecule has 0 aliphatic carbocycles. The fourth-order valence-corrected chi connectivity index (χ4v) is 3.67. The van der Waals surface area contributed by atoms with Crippen LogP contribution in [0, 0.1) is 11.3 Å². The number of urea groups is 1. The van der Waals surface area contributed by atoms with Gasteiger partial charge in [-0.3, -0.25) is 14.5 Å². The summed E-state index contributed by atoms with van der Waals surface area (Å²) in [5, 5.41) is 13.4. The van der Waals surface area contributed by atoms with E-state index < -0.39 is 0 Å². The first kappa shape index (κ1) is 16.6. The summed E-state index contributed by atoms with van der Waals surface area (Å²) >= 11 is 0. The highest BCUT2D eigenvalue weighted by Gasteiger charge is 2.29. The molecule has 2 saturated heterocycles. The lowest BCUT2D eigenvalue weighted by molar-refractivity contribution is 0.229. The standard InChI is InChI=1S/C19H22N6O/c1-22-8-9-24(19(22)26)18-11-21-25(14-18)17-6-7-23(13-17)12-16-4-2-15(10-20)3-5-16/h2-5,11,14,17H,6-9,12-13H2,1H3. The zero-order valence-electron chi connectivity index (χ0n) is 14.9. The van der Waals surface area contributed by atoms with Gasteiger partial charge in [-0.05, 0) is 24.1 Å². The van der Waals surface area contributed by atoms with Crippen LogP contribution in [0.3, 0.4) is 0 Å². The molecule has 2 aliphatic rings. The molecule has 26 heavy (non-hydrogen) atoms. The highest BCUT2D eigenvalue weighted by molar-refractivity contribution is 5.93. The van der Waals surface area contributed by atoms with E-state index in [9.17, 15) is 4.79 Å². The Bertz CT molecular complexity index is 836. The van der Waals surface area contributed by atoms with Crippen LogP contribution in [0.25, 0.3) is 0 Å². The molecule has 4 rings (SSSR count). The molecule has 0 bridgehead atoms. The number of rotatable bonds is 4. The summed E-state index contributed by atoms with van der Waals surface area (Å²) in [4.78, 5) is 18.0. The van der Waals surface area contributed by atoms with Gasteiger partial charge in [0, 0.05) is 46.0 Å². The number of hydrogen-bond acceptors (Lipinski definition) is 4. The molecular weight excluding hydrogens is 328 g/mol. The van der Waals surface area contributed by atoms with E-state index in [1.165, 1.54) is 5.56 Å². The first-order chi connectivity index (χ1) is 12.6. The van der Waals surface area contributed by atoms with E-state index in [0.29, 0.717) is 11.6 Å². The van der Waals surface area contributed by atoms with Crippen molar-refractivity contribution in [3.8, 4) is 6.07 Å². The van der Waals surface area contributed by atoms with Crippen molar-refractivity contribution < 1.29 is 4.79 Å². The summed E-state index contributed by atoms with van der Waals surface area (Å²) in [6.07, 6.45) is 4.83. The second kappa shape index (κ2) is 6.81. The summed E-state index contributed by atoms with van der Waals surface area (Å²) in [5.74, 6) is 0. The highest BCUT2D eigenvalue weighted by atomic mass is 16.2. The Hall–Kier alpha value is -2.85. The second-order valence-electron chi connectivity index (χ2n) is 7.02. The van der Waals surface area contributed by atoms with Crippen molar-refractivity contribution in [2.75, 3.05) is 38.1 Å². The molecule has 7 heteroatoms. The van der Waals surface area contributed by atoms with Gasteiger partial charge in [-0.2, -0.15) is 10.4 Å². The van der Waals surface area contributed by atoms with E-state index in [-0.39, 0.29) is 6.03 Å². The molecule has 2 aromatic rings. The molecule has 0 saturated carbocycles. The SMILES string of the molecule is CN1CCN(c2cnn(C3CCN(Cc4ccc(C#N)cc4)C3)c2)C1=O. The average molecular weight is 350 g/mol. The summed E-state index contributed by atoms with van der Waals surface area (Å²) in [7, 11) is 1.82. The molecule has 7 nitrogen and oxygen atoms in total. The van der Waals surface area contributed by atoms with Gasteiger partial charge in [-0.25, -0.2) is 4.79 Å². The van der Waals surface area contributed by atoms with Gasteiger partial charge in [-0.1, -0.05) is 12.1 Å². The number of anilines is 1. The number of likely N-dealkylation sites (tertiary alicyclic amines) is 1. The lowest BCUT2D eigenvalue weighted by Gasteiger charge is -2.16. The zero-order valence-corrected chi connectivity index (χ0v) is 14.9. The molecule has 1 aromatic heterocycles. The molecule has 3 heterocycles. The molecule has 0 spiro atoms. The van der Waals surface area contributed by atoms with Crippen LogP contribution in [0.1, 0.15) is 23.6 Å². The minimum Gasteiger partial charge on any atom is -0.326 e. The largest absolute Gasteiger partial charge is 0.326 e. The number of carbonyl (C=O) groups is 1.